The molecule has 0 unspecified atom stereocenters. The zero-order chi connectivity index (χ0) is 16.8. The Labute approximate surface area is 150 Å². The highest BCUT2D eigenvalue weighted by atomic mass is 32.1. The second-order valence-corrected chi connectivity index (χ2v) is 7.16. The summed E-state index contributed by atoms with van der Waals surface area (Å²) in [4.78, 5) is 4.98. The fourth-order valence-corrected chi connectivity index (χ4v) is 4.28. The van der Waals surface area contributed by atoms with Crippen molar-refractivity contribution in [1.82, 2.24) is 9.55 Å². The Hall–Kier alpha value is -2.91. The van der Waals surface area contributed by atoms with Crippen molar-refractivity contribution >= 4 is 32.5 Å². The van der Waals surface area contributed by atoms with Crippen LogP contribution in [0.2, 0.25) is 0 Å². The third kappa shape index (κ3) is 2.28. The minimum Gasteiger partial charge on any atom is -0.292 e. The van der Waals surface area contributed by atoms with Gasteiger partial charge in [-0.25, -0.2) is 4.98 Å². The summed E-state index contributed by atoms with van der Waals surface area (Å²) in [6.45, 7) is 2.14. The lowest BCUT2D eigenvalue weighted by atomic mass is 10.1. The van der Waals surface area contributed by atoms with E-state index in [0.717, 1.165) is 22.5 Å². The molecule has 0 aliphatic heterocycles. The summed E-state index contributed by atoms with van der Waals surface area (Å²) in [5.74, 6) is 1.00. The molecule has 0 radical (unpaired) electrons. The highest BCUT2D eigenvalue weighted by Crippen LogP contribution is 2.37. The Bertz CT molecular complexity index is 1200. The van der Waals surface area contributed by atoms with Crippen LogP contribution in [-0.2, 0) is 0 Å². The van der Waals surface area contributed by atoms with Crippen molar-refractivity contribution in [3.05, 3.63) is 83.7 Å². The maximum absolute atomic E-state index is 4.98. The summed E-state index contributed by atoms with van der Waals surface area (Å²) >= 11 is 1.78. The molecule has 2 heterocycles. The standard InChI is InChI=1S/C22H16N2S/c1-15-11-12-21-17(13-15)18(14-25-21)22-23-19-9-5-6-10-20(19)24(22)16-7-3-2-4-8-16/h2-14H,1H3. The van der Waals surface area contributed by atoms with Crippen molar-refractivity contribution in [1.29, 1.82) is 0 Å². The molecule has 2 nitrogen and oxygen atoms in total. The van der Waals surface area contributed by atoms with Gasteiger partial charge in [0.05, 0.1) is 11.0 Å². The van der Waals surface area contributed by atoms with Crippen molar-refractivity contribution in [3.63, 3.8) is 0 Å². The van der Waals surface area contributed by atoms with Gasteiger partial charge in [-0.2, -0.15) is 0 Å². The molecule has 0 bridgehead atoms. The first kappa shape index (κ1) is 14.4. The zero-order valence-electron chi connectivity index (χ0n) is 13.8. The number of nitrogens with zero attached hydrogens (tertiary/aromatic N) is 2. The molecule has 0 aliphatic rings. The number of imidazole rings is 1. The number of aryl methyl sites for hydroxylation is 1. The SMILES string of the molecule is Cc1ccc2scc(-c3nc4ccccc4n3-c3ccccc3)c2c1. The molecule has 0 fully saturated rings. The van der Waals surface area contributed by atoms with Crippen LogP contribution in [0.1, 0.15) is 5.56 Å². The summed E-state index contributed by atoms with van der Waals surface area (Å²) < 4.78 is 3.56. The molecule has 0 atom stereocenters. The first-order valence-electron chi connectivity index (χ1n) is 8.32. The molecular formula is C22H16N2S. The van der Waals surface area contributed by atoms with Crippen molar-refractivity contribution in [2.45, 2.75) is 6.92 Å². The van der Waals surface area contributed by atoms with Crippen LogP contribution in [0.25, 0.3) is 38.2 Å². The van der Waals surface area contributed by atoms with E-state index < -0.39 is 0 Å². The van der Waals surface area contributed by atoms with Crippen LogP contribution in [0.5, 0.6) is 0 Å². The fourth-order valence-electron chi connectivity index (χ4n) is 3.36. The number of benzene rings is 3. The Morgan fingerprint density at radius 3 is 2.56 bits per heavy atom. The van der Waals surface area contributed by atoms with Gasteiger partial charge in [0, 0.05) is 26.7 Å². The van der Waals surface area contributed by atoms with E-state index in [0.29, 0.717) is 0 Å². The maximum atomic E-state index is 4.98. The van der Waals surface area contributed by atoms with Gasteiger partial charge in [-0.15, -0.1) is 11.3 Å². The Morgan fingerprint density at radius 1 is 0.880 bits per heavy atom. The maximum Gasteiger partial charge on any atom is 0.147 e. The van der Waals surface area contributed by atoms with E-state index in [-0.39, 0.29) is 0 Å². The molecular weight excluding hydrogens is 324 g/mol. The average Bonchev–Trinajstić information content (AvgIpc) is 3.22. The number of hydrogen-bond acceptors (Lipinski definition) is 2. The van der Waals surface area contributed by atoms with Gasteiger partial charge in [-0.05, 0) is 43.3 Å². The number of aromatic nitrogens is 2. The predicted molar refractivity (Wildman–Crippen MR) is 107 cm³/mol. The molecule has 0 aliphatic carbocycles. The number of para-hydroxylation sites is 3. The summed E-state index contributed by atoms with van der Waals surface area (Å²) in [6, 6.07) is 25.4. The molecule has 0 N–H and O–H groups in total. The molecule has 120 valence electrons. The van der Waals surface area contributed by atoms with Crippen LogP contribution in [0.3, 0.4) is 0 Å². The highest BCUT2D eigenvalue weighted by molar-refractivity contribution is 7.17. The van der Waals surface area contributed by atoms with E-state index >= 15 is 0 Å². The highest BCUT2D eigenvalue weighted by Gasteiger charge is 2.17. The second kappa shape index (κ2) is 5.57. The third-order valence-electron chi connectivity index (χ3n) is 4.55. The lowest BCUT2D eigenvalue weighted by Crippen LogP contribution is -1.96. The summed E-state index contributed by atoms with van der Waals surface area (Å²) in [6.07, 6.45) is 0. The van der Waals surface area contributed by atoms with Crippen molar-refractivity contribution in [3.8, 4) is 17.1 Å². The first-order chi connectivity index (χ1) is 12.3. The van der Waals surface area contributed by atoms with Crippen LogP contribution in [-0.4, -0.2) is 9.55 Å². The predicted octanol–water partition coefficient (Wildman–Crippen LogP) is 6.22. The average molecular weight is 340 g/mol. The lowest BCUT2D eigenvalue weighted by Gasteiger charge is -2.09. The summed E-state index contributed by atoms with van der Waals surface area (Å²) in [5.41, 5.74) is 5.76. The molecule has 3 aromatic carbocycles. The van der Waals surface area contributed by atoms with Gasteiger partial charge in [-0.1, -0.05) is 42.0 Å². The molecule has 0 saturated carbocycles. The summed E-state index contributed by atoms with van der Waals surface area (Å²) in [5, 5.41) is 3.50. The van der Waals surface area contributed by atoms with Gasteiger partial charge >= 0.3 is 0 Å². The van der Waals surface area contributed by atoms with Crippen molar-refractivity contribution in [2.75, 3.05) is 0 Å². The minimum absolute atomic E-state index is 1.00. The quantitative estimate of drug-likeness (QED) is 0.373. The molecule has 0 amide bonds. The minimum atomic E-state index is 1.00. The van der Waals surface area contributed by atoms with Gasteiger partial charge in [0.1, 0.15) is 5.82 Å². The fraction of sp³-hybridized carbons (Fsp3) is 0.0455. The molecule has 5 aromatic rings. The number of thiophene rings is 1. The lowest BCUT2D eigenvalue weighted by molar-refractivity contribution is 1.11. The normalized spacial score (nSPS) is 11.4. The zero-order valence-corrected chi connectivity index (χ0v) is 14.6. The number of fused-ring (bicyclic) bond motifs is 2. The van der Waals surface area contributed by atoms with Crippen LogP contribution < -0.4 is 0 Å². The molecule has 5 rings (SSSR count). The number of hydrogen-bond donors (Lipinski definition) is 0. The van der Waals surface area contributed by atoms with E-state index in [9.17, 15) is 0 Å². The van der Waals surface area contributed by atoms with Crippen LogP contribution in [0, 0.1) is 6.92 Å². The van der Waals surface area contributed by atoms with E-state index in [2.05, 4.69) is 77.5 Å². The van der Waals surface area contributed by atoms with Crippen LogP contribution >= 0.6 is 11.3 Å². The smallest absolute Gasteiger partial charge is 0.147 e. The van der Waals surface area contributed by atoms with Gasteiger partial charge in [0.25, 0.3) is 0 Å². The van der Waals surface area contributed by atoms with Crippen LogP contribution in [0.15, 0.2) is 78.2 Å². The molecule has 0 saturated heterocycles. The molecule has 0 spiro atoms. The second-order valence-electron chi connectivity index (χ2n) is 6.24. The number of rotatable bonds is 2. The Balaban J connectivity index is 1.88. The monoisotopic (exact) mass is 340 g/mol. The molecule has 25 heavy (non-hydrogen) atoms. The first-order valence-corrected chi connectivity index (χ1v) is 9.20. The van der Waals surface area contributed by atoms with E-state index in [4.69, 9.17) is 4.98 Å². The topological polar surface area (TPSA) is 17.8 Å². The molecule has 3 heteroatoms. The van der Waals surface area contributed by atoms with Crippen molar-refractivity contribution in [2.24, 2.45) is 0 Å². The third-order valence-corrected chi connectivity index (χ3v) is 5.51. The Kier molecular flexibility index (Phi) is 3.22. The van der Waals surface area contributed by atoms with Gasteiger partial charge in [0.15, 0.2) is 0 Å². The van der Waals surface area contributed by atoms with E-state index in [1.165, 1.54) is 21.2 Å². The van der Waals surface area contributed by atoms with Crippen molar-refractivity contribution < 1.29 is 0 Å². The van der Waals surface area contributed by atoms with Gasteiger partial charge < -0.3 is 0 Å². The van der Waals surface area contributed by atoms with E-state index in [1.807, 2.05) is 12.1 Å². The van der Waals surface area contributed by atoms with Gasteiger partial charge in [0.2, 0.25) is 0 Å². The summed E-state index contributed by atoms with van der Waals surface area (Å²) in [7, 11) is 0. The largest absolute Gasteiger partial charge is 0.292 e. The van der Waals surface area contributed by atoms with Gasteiger partial charge in [-0.3, -0.25) is 4.57 Å². The molecule has 2 aromatic heterocycles. The van der Waals surface area contributed by atoms with Crippen LogP contribution in [0.4, 0.5) is 0 Å². The Morgan fingerprint density at radius 2 is 1.68 bits per heavy atom. The van der Waals surface area contributed by atoms with E-state index in [1.54, 1.807) is 11.3 Å².